The Morgan fingerprint density at radius 2 is 1.41 bits per heavy atom. The molecule has 0 radical (unpaired) electrons. The number of nitrogens with one attached hydrogen (secondary N) is 3. The number of urea groups is 1. The molecule has 1 unspecified atom stereocenters. The van der Waals surface area contributed by atoms with Crippen molar-refractivity contribution in [3.05, 3.63) is 95.6 Å². The molecule has 0 aliphatic rings. The highest BCUT2D eigenvalue weighted by molar-refractivity contribution is 6.00. The molecule has 29 heavy (non-hydrogen) atoms. The van der Waals surface area contributed by atoms with Gasteiger partial charge in [-0.15, -0.1) is 0 Å². The summed E-state index contributed by atoms with van der Waals surface area (Å²) < 4.78 is 26.4. The lowest BCUT2D eigenvalue weighted by molar-refractivity contribution is 0.0940. The Balaban J connectivity index is 1.58. The molecule has 0 aromatic heterocycles. The Bertz CT molecular complexity index is 1010. The van der Waals surface area contributed by atoms with Crippen molar-refractivity contribution < 1.29 is 18.4 Å². The Morgan fingerprint density at radius 1 is 0.793 bits per heavy atom. The molecule has 7 heteroatoms. The molecule has 3 N–H and O–H groups in total. The average Bonchev–Trinajstić information content (AvgIpc) is 2.71. The minimum Gasteiger partial charge on any atom is -0.346 e. The molecule has 3 amide bonds. The van der Waals surface area contributed by atoms with Crippen molar-refractivity contribution in [1.29, 1.82) is 0 Å². The molecule has 1 atom stereocenters. The summed E-state index contributed by atoms with van der Waals surface area (Å²) in [5, 5.41) is 8.09. The third-order valence-electron chi connectivity index (χ3n) is 4.23. The number of halogens is 2. The van der Waals surface area contributed by atoms with Crippen LogP contribution in [-0.4, -0.2) is 11.9 Å². The summed E-state index contributed by atoms with van der Waals surface area (Å²) in [6.45, 7) is 1.68. The number of hydrogen-bond donors (Lipinski definition) is 3. The number of anilines is 2. The second-order valence-corrected chi connectivity index (χ2v) is 6.39. The van der Waals surface area contributed by atoms with Gasteiger partial charge in [0, 0.05) is 16.9 Å². The standard InChI is InChI=1S/C22H19F2N3O2/c1-14(16-9-12-19(23)20(24)13-16)25-21(28)15-7-10-18(11-8-15)27-22(29)26-17-5-3-2-4-6-17/h2-14H,1H3,(H,25,28)(H2,26,27,29). The smallest absolute Gasteiger partial charge is 0.323 e. The third kappa shape index (κ3) is 5.38. The molecule has 3 aromatic rings. The third-order valence-corrected chi connectivity index (χ3v) is 4.23. The van der Waals surface area contributed by atoms with Gasteiger partial charge in [0.05, 0.1) is 6.04 Å². The van der Waals surface area contributed by atoms with Crippen LogP contribution in [-0.2, 0) is 0 Å². The van der Waals surface area contributed by atoms with E-state index in [0.717, 1.165) is 12.1 Å². The number of benzene rings is 3. The fraction of sp³-hybridized carbons (Fsp3) is 0.0909. The number of hydrogen-bond acceptors (Lipinski definition) is 2. The highest BCUT2D eigenvalue weighted by atomic mass is 19.2. The zero-order valence-corrected chi connectivity index (χ0v) is 15.6. The van der Waals surface area contributed by atoms with Crippen LogP contribution in [0.5, 0.6) is 0 Å². The summed E-state index contributed by atoms with van der Waals surface area (Å²) in [5.74, 6) is -2.28. The summed E-state index contributed by atoms with van der Waals surface area (Å²) in [6.07, 6.45) is 0. The van der Waals surface area contributed by atoms with E-state index < -0.39 is 23.7 Å². The molecule has 0 aliphatic heterocycles. The fourth-order valence-corrected chi connectivity index (χ4v) is 2.66. The topological polar surface area (TPSA) is 70.2 Å². The van der Waals surface area contributed by atoms with Gasteiger partial charge in [0.2, 0.25) is 0 Å². The van der Waals surface area contributed by atoms with Crippen LogP contribution in [0, 0.1) is 11.6 Å². The molecule has 0 heterocycles. The number of amides is 3. The average molecular weight is 395 g/mol. The van der Waals surface area contributed by atoms with Crippen LogP contribution in [0.15, 0.2) is 72.8 Å². The lowest BCUT2D eigenvalue weighted by Crippen LogP contribution is -2.26. The molecule has 3 rings (SSSR count). The first-order valence-corrected chi connectivity index (χ1v) is 8.91. The number of carbonyl (C=O) groups is 2. The Morgan fingerprint density at radius 3 is 2.03 bits per heavy atom. The number of para-hydroxylation sites is 1. The van der Waals surface area contributed by atoms with E-state index in [2.05, 4.69) is 16.0 Å². The highest BCUT2D eigenvalue weighted by Crippen LogP contribution is 2.17. The van der Waals surface area contributed by atoms with Crippen LogP contribution in [0.1, 0.15) is 28.9 Å². The molecular formula is C22H19F2N3O2. The quantitative estimate of drug-likeness (QED) is 0.563. The summed E-state index contributed by atoms with van der Waals surface area (Å²) in [4.78, 5) is 24.4. The summed E-state index contributed by atoms with van der Waals surface area (Å²) >= 11 is 0. The summed E-state index contributed by atoms with van der Waals surface area (Å²) in [6, 6.07) is 17.9. The monoisotopic (exact) mass is 395 g/mol. The maximum Gasteiger partial charge on any atom is 0.323 e. The van der Waals surface area contributed by atoms with Crippen molar-refractivity contribution in [2.45, 2.75) is 13.0 Å². The Kier molecular flexibility index (Phi) is 6.19. The molecule has 0 bridgehead atoms. The van der Waals surface area contributed by atoms with Crippen molar-refractivity contribution in [3.63, 3.8) is 0 Å². The summed E-state index contributed by atoms with van der Waals surface area (Å²) in [5.41, 5.74) is 2.00. The fourth-order valence-electron chi connectivity index (χ4n) is 2.66. The van der Waals surface area contributed by atoms with Crippen molar-refractivity contribution in [3.8, 4) is 0 Å². The van der Waals surface area contributed by atoms with Crippen LogP contribution in [0.4, 0.5) is 25.0 Å². The first-order valence-electron chi connectivity index (χ1n) is 8.91. The van der Waals surface area contributed by atoms with E-state index in [4.69, 9.17) is 0 Å². The van der Waals surface area contributed by atoms with E-state index in [1.807, 2.05) is 18.2 Å². The van der Waals surface area contributed by atoms with Gasteiger partial charge in [-0.3, -0.25) is 4.79 Å². The van der Waals surface area contributed by atoms with Crippen LogP contribution in [0.2, 0.25) is 0 Å². The molecule has 148 valence electrons. The second kappa shape index (κ2) is 8.97. The maximum absolute atomic E-state index is 13.4. The van der Waals surface area contributed by atoms with Gasteiger partial charge in [0.1, 0.15) is 0 Å². The van der Waals surface area contributed by atoms with E-state index in [1.165, 1.54) is 6.07 Å². The highest BCUT2D eigenvalue weighted by Gasteiger charge is 2.13. The zero-order valence-electron chi connectivity index (χ0n) is 15.6. The lowest BCUT2D eigenvalue weighted by Gasteiger charge is -2.15. The van der Waals surface area contributed by atoms with Crippen LogP contribution < -0.4 is 16.0 Å². The van der Waals surface area contributed by atoms with E-state index >= 15 is 0 Å². The first kappa shape index (κ1) is 20.0. The van der Waals surface area contributed by atoms with Crippen LogP contribution in [0.25, 0.3) is 0 Å². The Labute approximate surface area is 166 Å². The minimum absolute atomic E-state index is 0.369. The predicted molar refractivity (Wildman–Crippen MR) is 108 cm³/mol. The van der Waals surface area contributed by atoms with Crippen molar-refractivity contribution in [1.82, 2.24) is 5.32 Å². The SMILES string of the molecule is CC(NC(=O)c1ccc(NC(=O)Nc2ccccc2)cc1)c1ccc(F)c(F)c1. The molecule has 0 saturated carbocycles. The molecule has 0 fully saturated rings. The van der Waals surface area contributed by atoms with Crippen LogP contribution in [0.3, 0.4) is 0 Å². The normalized spacial score (nSPS) is 11.4. The second-order valence-electron chi connectivity index (χ2n) is 6.39. The first-order chi connectivity index (χ1) is 13.9. The molecular weight excluding hydrogens is 376 g/mol. The largest absolute Gasteiger partial charge is 0.346 e. The van der Waals surface area contributed by atoms with Crippen molar-refractivity contribution in [2.24, 2.45) is 0 Å². The van der Waals surface area contributed by atoms with E-state index in [9.17, 15) is 18.4 Å². The Hall–Kier alpha value is -3.74. The zero-order chi connectivity index (χ0) is 20.8. The number of rotatable bonds is 5. The van der Waals surface area contributed by atoms with E-state index in [1.54, 1.807) is 43.3 Å². The van der Waals surface area contributed by atoms with Gasteiger partial charge in [-0.2, -0.15) is 0 Å². The molecule has 0 spiro atoms. The summed E-state index contributed by atoms with van der Waals surface area (Å²) in [7, 11) is 0. The van der Waals surface area contributed by atoms with Gasteiger partial charge >= 0.3 is 6.03 Å². The van der Waals surface area contributed by atoms with Gasteiger partial charge in [0.25, 0.3) is 5.91 Å². The van der Waals surface area contributed by atoms with Crippen molar-refractivity contribution >= 4 is 23.3 Å². The van der Waals surface area contributed by atoms with Crippen LogP contribution >= 0.6 is 0 Å². The predicted octanol–water partition coefficient (Wildman–Crippen LogP) is 5.10. The van der Waals surface area contributed by atoms with Gasteiger partial charge in [0.15, 0.2) is 11.6 Å². The van der Waals surface area contributed by atoms with Crippen molar-refractivity contribution in [2.75, 3.05) is 10.6 Å². The van der Waals surface area contributed by atoms with E-state index in [-0.39, 0.29) is 5.91 Å². The van der Waals surface area contributed by atoms with E-state index in [0.29, 0.717) is 22.5 Å². The lowest BCUT2D eigenvalue weighted by atomic mass is 10.1. The molecule has 5 nitrogen and oxygen atoms in total. The molecule has 0 aliphatic carbocycles. The molecule has 3 aromatic carbocycles. The maximum atomic E-state index is 13.4. The van der Waals surface area contributed by atoms with Gasteiger partial charge in [-0.05, 0) is 61.0 Å². The number of carbonyl (C=O) groups excluding carboxylic acids is 2. The minimum atomic E-state index is -0.965. The molecule has 0 saturated heterocycles. The van der Waals surface area contributed by atoms with Gasteiger partial charge < -0.3 is 16.0 Å². The van der Waals surface area contributed by atoms with Gasteiger partial charge in [-0.1, -0.05) is 24.3 Å². The van der Waals surface area contributed by atoms with Gasteiger partial charge in [-0.25, -0.2) is 13.6 Å².